The summed E-state index contributed by atoms with van der Waals surface area (Å²) in [5, 5.41) is 5.68. The number of furan rings is 1. The van der Waals surface area contributed by atoms with Gasteiger partial charge in [-0.2, -0.15) is 0 Å². The predicted molar refractivity (Wildman–Crippen MR) is 96.5 cm³/mol. The molecule has 1 fully saturated rings. The first-order valence-electron chi connectivity index (χ1n) is 8.63. The molecule has 0 radical (unpaired) electrons. The van der Waals surface area contributed by atoms with Crippen molar-refractivity contribution in [3.05, 3.63) is 54.0 Å². The van der Waals surface area contributed by atoms with Crippen molar-refractivity contribution in [2.45, 2.75) is 32.0 Å². The van der Waals surface area contributed by atoms with E-state index in [0.29, 0.717) is 37.6 Å². The number of rotatable bonds is 6. The van der Waals surface area contributed by atoms with Crippen molar-refractivity contribution in [1.29, 1.82) is 0 Å². The molecule has 0 bridgehead atoms. The first-order chi connectivity index (χ1) is 12.7. The Morgan fingerprint density at radius 2 is 2.08 bits per heavy atom. The minimum Gasteiger partial charge on any atom is -0.467 e. The van der Waals surface area contributed by atoms with Gasteiger partial charge in [-0.1, -0.05) is 12.1 Å². The number of carbonyl (C=O) groups excluding carboxylic acids is 2. The molecule has 3 rings (SSSR count). The van der Waals surface area contributed by atoms with E-state index in [9.17, 15) is 9.59 Å². The Bertz CT molecular complexity index is 728. The maximum Gasteiger partial charge on any atom is 0.322 e. The number of hydrogen-bond donors (Lipinski definition) is 2. The van der Waals surface area contributed by atoms with Gasteiger partial charge in [-0.15, -0.1) is 0 Å². The standard InChI is InChI=1S/C19H23N3O4/c1-25-13-14-6-8-15(9-7-14)21-19(24)22-10-2-5-17(22)18(23)20-12-16-4-3-11-26-16/h3-4,6-9,11,17H,2,5,10,12-13H2,1H3,(H,20,23)(H,21,24)/t17-/m1/s1. The summed E-state index contributed by atoms with van der Waals surface area (Å²) in [6.45, 7) is 1.41. The van der Waals surface area contributed by atoms with Crippen LogP contribution in [0.25, 0.3) is 0 Å². The van der Waals surface area contributed by atoms with Crippen LogP contribution in [0.4, 0.5) is 10.5 Å². The lowest BCUT2D eigenvalue weighted by atomic mass is 10.2. The molecule has 2 N–H and O–H groups in total. The lowest BCUT2D eigenvalue weighted by Gasteiger charge is -2.24. The number of nitrogens with one attached hydrogen (secondary N) is 2. The molecule has 26 heavy (non-hydrogen) atoms. The second-order valence-corrected chi connectivity index (χ2v) is 6.21. The molecule has 1 saturated heterocycles. The monoisotopic (exact) mass is 357 g/mol. The number of hydrogen-bond acceptors (Lipinski definition) is 4. The van der Waals surface area contributed by atoms with Crippen LogP contribution in [0.1, 0.15) is 24.2 Å². The molecular weight excluding hydrogens is 334 g/mol. The van der Waals surface area contributed by atoms with E-state index < -0.39 is 6.04 Å². The van der Waals surface area contributed by atoms with E-state index in [-0.39, 0.29) is 11.9 Å². The van der Waals surface area contributed by atoms with Gasteiger partial charge in [-0.25, -0.2) is 4.79 Å². The average Bonchev–Trinajstić information content (AvgIpc) is 3.33. The van der Waals surface area contributed by atoms with Gasteiger partial charge in [0.1, 0.15) is 11.8 Å². The summed E-state index contributed by atoms with van der Waals surface area (Å²) >= 11 is 0. The third kappa shape index (κ3) is 4.43. The van der Waals surface area contributed by atoms with Crippen LogP contribution in [0.5, 0.6) is 0 Å². The van der Waals surface area contributed by atoms with Gasteiger partial charge < -0.3 is 24.7 Å². The average molecular weight is 357 g/mol. The number of nitrogens with zero attached hydrogens (tertiary/aromatic N) is 1. The molecular formula is C19H23N3O4. The third-order valence-corrected chi connectivity index (χ3v) is 4.35. The van der Waals surface area contributed by atoms with Crippen LogP contribution in [0.15, 0.2) is 47.1 Å². The molecule has 3 amide bonds. The Hall–Kier alpha value is -2.80. The van der Waals surface area contributed by atoms with Gasteiger partial charge in [0.2, 0.25) is 5.91 Å². The van der Waals surface area contributed by atoms with Crippen LogP contribution in [-0.4, -0.2) is 36.5 Å². The number of amides is 3. The lowest BCUT2D eigenvalue weighted by Crippen LogP contribution is -2.47. The van der Waals surface area contributed by atoms with Crippen molar-refractivity contribution in [2.24, 2.45) is 0 Å². The van der Waals surface area contributed by atoms with Crippen LogP contribution in [0, 0.1) is 0 Å². The van der Waals surface area contributed by atoms with Crippen molar-refractivity contribution in [3.63, 3.8) is 0 Å². The second-order valence-electron chi connectivity index (χ2n) is 6.21. The molecule has 1 aliphatic heterocycles. The number of ether oxygens (including phenoxy) is 1. The first kappa shape index (κ1) is 18.0. The van der Waals surface area contributed by atoms with Crippen molar-refractivity contribution < 1.29 is 18.7 Å². The number of anilines is 1. The van der Waals surface area contributed by atoms with E-state index >= 15 is 0 Å². The van der Waals surface area contributed by atoms with Crippen molar-refractivity contribution in [2.75, 3.05) is 19.0 Å². The SMILES string of the molecule is COCc1ccc(NC(=O)N2CCC[C@@H]2C(=O)NCc2ccco2)cc1. The summed E-state index contributed by atoms with van der Waals surface area (Å²) in [5.41, 5.74) is 1.72. The van der Waals surface area contributed by atoms with Crippen LogP contribution in [0.3, 0.4) is 0 Å². The minimum absolute atomic E-state index is 0.163. The molecule has 2 aromatic rings. The highest BCUT2D eigenvalue weighted by Gasteiger charge is 2.34. The van der Waals surface area contributed by atoms with E-state index in [2.05, 4.69) is 10.6 Å². The molecule has 1 aromatic carbocycles. The Morgan fingerprint density at radius 3 is 2.77 bits per heavy atom. The summed E-state index contributed by atoms with van der Waals surface area (Å²) in [5.74, 6) is 0.521. The highest BCUT2D eigenvalue weighted by molar-refractivity contribution is 5.94. The fraction of sp³-hybridized carbons (Fsp3) is 0.368. The number of urea groups is 1. The Kier molecular flexibility index (Phi) is 5.91. The number of benzene rings is 1. The zero-order chi connectivity index (χ0) is 18.4. The molecule has 1 aliphatic rings. The summed E-state index contributed by atoms with van der Waals surface area (Å²) in [6.07, 6.45) is 3.03. The molecule has 0 spiro atoms. The van der Waals surface area contributed by atoms with Gasteiger partial charge >= 0.3 is 6.03 Å². The van der Waals surface area contributed by atoms with Crippen LogP contribution >= 0.6 is 0 Å². The Labute approximate surface area is 152 Å². The maximum atomic E-state index is 12.6. The van der Waals surface area contributed by atoms with Gasteiger partial charge in [-0.05, 0) is 42.7 Å². The maximum absolute atomic E-state index is 12.6. The fourth-order valence-corrected chi connectivity index (χ4v) is 3.03. The van der Waals surface area contributed by atoms with E-state index in [4.69, 9.17) is 9.15 Å². The lowest BCUT2D eigenvalue weighted by molar-refractivity contribution is -0.124. The first-order valence-corrected chi connectivity index (χ1v) is 8.63. The molecule has 7 nitrogen and oxygen atoms in total. The Balaban J connectivity index is 1.56. The van der Waals surface area contributed by atoms with E-state index in [1.165, 1.54) is 0 Å². The molecule has 1 aromatic heterocycles. The van der Waals surface area contributed by atoms with Gasteiger partial charge in [0.15, 0.2) is 0 Å². The number of methoxy groups -OCH3 is 1. The summed E-state index contributed by atoms with van der Waals surface area (Å²) < 4.78 is 10.3. The Morgan fingerprint density at radius 1 is 1.27 bits per heavy atom. The topological polar surface area (TPSA) is 83.8 Å². The normalized spacial score (nSPS) is 16.5. The molecule has 7 heteroatoms. The fourth-order valence-electron chi connectivity index (χ4n) is 3.03. The molecule has 2 heterocycles. The van der Waals surface area contributed by atoms with Gasteiger partial charge in [0, 0.05) is 19.3 Å². The minimum atomic E-state index is -0.460. The third-order valence-electron chi connectivity index (χ3n) is 4.35. The molecule has 0 aliphatic carbocycles. The van der Waals surface area contributed by atoms with E-state index in [1.54, 1.807) is 30.4 Å². The van der Waals surface area contributed by atoms with Crippen molar-refractivity contribution in [3.8, 4) is 0 Å². The van der Waals surface area contributed by atoms with Gasteiger partial charge in [-0.3, -0.25) is 4.79 Å². The number of likely N-dealkylation sites (tertiary alicyclic amines) is 1. The summed E-state index contributed by atoms with van der Waals surface area (Å²) in [4.78, 5) is 26.6. The van der Waals surface area contributed by atoms with Crippen LogP contribution < -0.4 is 10.6 Å². The van der Waals surface area contributed by atoms with Crippen LogP contribution in [-0.2, 0) is 22.7 Å². The molecule has 0 unspecified atom stereocenters. The van der Waals surface area contributed by atoms with Crippen molar-refractivity contribution >= 4 is 17.6 Å². The van der Waals surface area contributed by atoms with Gasteiger partial charge in [0.05, 0.1) is 19.4 Å². The molecule has 0 saturated carbocycles. The predicted octanol–water partition coefficient (Wildman–Crippen LogP) is 2.74. The zero-order valence-corrected chi connectivity index (χ0v) is 14.7. The van der Waals surface area contributed by atoms with E-state index in [1.807, 2.05) is 24.3 Å². The molecule has 138 valence electrons. The molecule has 1 atom stereocenters. The number of carbonyl (C=O) groups is 2. The summed E-state index contributed by atoms with van der Waals surface area (Å²) in [6, 6.07) is 10.3. The quantitative estimate of drug-likeness (QED) is 0.833. The van der Waals surface area contributed by atoms with E-state index in [0.717, 1.165) is 12.0 Å². The largest absolute Gasteiger partial charge is 0.467 e. The zero-order valence-electron chi connectivity index (χ0n) is 14.7. The highest BCUT2D eigenvalue weighted by atomic mass is 16.5. The highest BCUT2D eigenvalue weighted by Crippen LogP contribution is 2.20. The van der Waals surface area contributed by atoms with Gasteiger partial charge in [0.25, 0.3) is 0 Å². The summed E-state index contributed by atoms with van der Waals surface area (Å²) in [7, 11) is 1.64. The second kappa shape index (κ2) is 8.53. The van der Waals surface area contributed by atoms with Crippen LogP contribution in [0.2, 0.25) is 0 Å². The smallest absolute Gasteiger partial charge is 0.322 e. The van der Waals surface area contributed by atoms with Crippen molar-refractivity contribution in [1.82, 2.24) is 10.2 Å².